The summed E-state index contributed by atoms with van der Waals surface area (Å²) in [5.41, 5.74) is 6.86. The fraction of sp³-hybridized carbons (Fsp3) is 0.643. The molecule has 0 radical (unpaired) electrons. The van der Waals surface area contributed by atoms with E-state index in [0.29, 0.717) is 18.3 Å². The van der Waals surface area contributed by atoms with Crippen LogP contribution in [-0.2, 0) is 4.79 Å². The normalized spacial score (nSPS) is 15.8. The molecular formula is C14H23N5O. The highest BCUT2D eigenvalue weighted by Crippen LogP contribution is 2.39. The molecule has 1 unspecified atom stereocenters. The Kier molecular flexibility index (Phi) is 4.11. The zero-order chi connectivity index (χ0) is 14.9. The molecule has 1 heterocycles. The van der Waals surface area contributed by atoms with Crippen molar-refractivity contribution in [2.45, 2.75) is 32.6 Å². The van der Waals surface area contributed by atoms with Crippen LogP contribution in [0.2, 0.25) is 0 Å². The summed E-state index contributed by atoms with van der Waals surface area (Å²) in [6.45, 7) is 4.42. The highest BCUT2D eigenvalue weighted by molar-refractivity contribution is 5.78. The van der Waals surface area contributed by atoms with Crippen LogP contribution < -0.4 is 16.0 Å². The van der Waals surface area contributed by atoms with Crippen molar-refractivity contribution in [3.63, 3.8) is 0 Å². The second kappa shape index (κ2) is 5.64. The minimum Gasteiger partial charge on any atom is -0.383 e. The standard InChI is InChI=1S/C14H23N5O/c1-8(14(20)16-3)7-19(4)13-9(2)11(15)17-12(18-13)10-5-6-10/h8,10H,5-7H2,1-4H3,(H,16,20)(H2,15,17,18). The van der Waals surface area contributed by atoms with Crippen molar-refractivity contribution in [2.24, 2.45) is 5.92 Å². The largest absolute Gasteiger partial charge is 0.383 e. The van der Waals surface area contributed by atoms with Gasteiger partial charge in [0.1, 0.15) is 17.5 Å². The number of nitrogens with two attached hydrogens (primary N) is 1. The highest BCUT2D eigenvalue weighted by atomic mass is 16.1. The van der Waals surface area contributed by atoms with Crippen molar-refractivity contribution in [1.82, 2.24) is 15.3 Å². The van der Waals surface area contributed by atoms with Gasteiger partial charge >= 0.3 is 0 Å². The Hall–Kier alpha value is -1.85. The number of nitrogen functional groups attached to an aromatic ring is 1. The maximum absolute atomic E-state index is 11.6. The summed E-state index contributed by atoms with van der Waals surface area (Å²) in [4.78, 5) is 22.6. The summed E-state index contributed by atoms with van der Waals surface area (Å²) in [6, 6.07) is 0. The average Bonchev–Trinajstić information content (AvgIpc) is 3.24. The van der Waals surface area contributed by atoms with Crippen LogP contribution in [0.15, 0.2) is 0 Å². The minimum atomic E-state index is -0.107. The fourth-order valence-electron chi connectivity index (χ4n) is 2.26. The monoisotopic (exact) mass is 277 g/mol. The number of carbonyl (C=O) groups excluding carboxylic acids is 1. The third-order valence-electron chi connectivity index (χ3n) is 3.72. The maximum Gasteiger partial charge on any atom is 0.224 e. The molecule has 1 aromatic heterocycles. The summed E-state index contributed by atoms with van der Waals surface area (Å²) in [7, 11) is 3.59. The highest BCUT2D eigenvalue weighted by Gasteiger charge is 2.28. The summed E-state index contributed by atoms with van der Waals surface area (Å²) < 4.78 is 0. The van der Waals surface area contributed by atoms with E-state index in [2.05, 4.69) is 15.3 Å². The zero-order valence-corrected chi connectivity index (χ0v) is 12.6. The molecule has 6 nitrogen and oxygen atoms in total. The molecule has 6 heteroatoms. The van der Waals surface area contributed by atoms with Gasteiger partial charge in [0.25, 0.3) is 0 Å². The Labute approximate surface area is 119 Å². The molecule has 2 rings (SSSR count). The predicted molar refractivity (Wildman–Crippen MR) is 79.7 cm³/mol. The van der Waals surface area contributed by atoms with Gasteiger partial charge in [-0.05, 0) is 19.8 Å². The van der Waals surface area contributed by atoms with Crippen LogP contribution in [0.3, 0.4) is 0 Å². The lowest BCUT2D eigenvalue weighted by Crippen LogP contribution is -2.35. The molecule has 1 aliphatic rings. The first kappa shape index (κ1) is 14.6. The number of amides is 1. The van der Waals surface area contributed by atoms with Crippen LogP contribution in [0.1, 0.15) is 37.1 Å². The van der Waals surface area contributed by atoms with Crippen molar-refractivity contribution in [2.75, 3.05) is 31.3 Å². The van der Waals surface area contributed by atoms with Gasteiger partial charge in [-0.25, -0.2) is 9.97 Å². The molecule has 1 atom stereocenters. The minimum absolute atomic E-state index is 0.0268. The van der Waals surface area contributed by atoms with Crippen LogP contribution in [-0.4, -0.2) is 36.5 Å². The van der Waals surface area contributed by atoms with Crippen molar-refractivity contribution < 1.29 is 4.79 Å². The van der Waals surface area contributed by atoms with Crippen LogP contribution in [0, 0.1) is 12.8 Å². The van der Waals surface area contributed by atoms with Crippen LogP contribution in [0.4, 0.5) is 11.6 Å². The molecule has 1 aliphatic carbocycles. The number of carbonyl (C=O) groups is 1. The van der Waals surface area contributed by atoms with E-state index in [1.807, 2.05) is 25.8 Å². The van der Waals surface area contributed by atoms with Crippen LogP contribution in [0.5, 0.6) is 0 Å². The lowest BCUT2D eigenvalue weighted by molar-refractivity contribution is -0.123. The average molecular weight is 277 g/mol. The molecule has 0 bridgehead atoms. The molecule has 110 valence electrons. The Morgan fingerprint density at radius 2 is 2.15 bits per heavy atom. The quantitative estimate of drug-likeness (QED) is 0.841. The van der Waals surface area contributed by atoms with E-state index in [-0.39, 0.29) is 11.8 Å². The predicted octanol–water partition coefficient (Wildman–Crippen LogP) is 1.06. The van der Waals surface area contributed by atoms with E-state index >= 15 is 0 Å². The molecule has 3 N–H and O–H groups in total. The lowest BCUT2D eigenvalue weighted by Gasteiger charge is -2.24. The van der Waals surface area contributed by atoms with Crippen molar-refractivity contribution >= 4 is 17.5 Å². The molecule has 1 fully saturated rings. The van der Waals surface area contributed by atoms with E-state index in [1.54, 1.807) is 7.05 Å². The Morgan fingerprint density at radius 1 is 1.50 bits per heavy atom. The topological polar surface area (TPSA) is 84.1 Å². The molecule has 0 spiro atoms. The second-order valence-electron chi connectivity index (χ2n) is 5.59. The fourth-order valence-corrected chi connectivity index (χ4v) is 2.26. The third-order valence-corrected chi connectivity index (χ3v) is 3.72. The number of nitrogens with zero attached hydrogens (tertiary/aromatic N) is 3. The number of hydrogen-bond donors (Lipinski definition) is 2. The van der Waals surface area contributed by atoms with Gasteiger partial charge in [-0.1, -0.05) is 6.92 Å². The third kappa shape index (κ3) is 3.00. The van der Waals surface area contributed by atoms with E-state index in [1.165, 1.54) is 0 Å². The van der Waals surface area contributed by atoms with Gasteiger partial charge in [0.05, 0.1) is 5.92 Å². The lowest BCUT2D eigenvalue weighted by atomic mass is 10.1. The number of aromatic nitrogens is 2. The Balaban J connectivity index is 2.20. The molecule has 20 heavy (non-hydrogen) atoms. The van der Waals surface area contributed by atoms with Crippen molar-refractivity contribution in [3.8, 4) is 0 Å². The van der Waals surface area contributed by atoms with Crippen LogP contribution in [0.25, 0.3) is 0 Å². The van der Waals surface area contributed by atoms with E-state index in [0.717, 1.165) is 30.0 Å². The molecule has 1 saturated carbocycles. The Bertz CT molecular complexity index is 513. The van der Waals surface area contributed by atoms with Gasteiger partial charge in [0.15, 0.2) is 0 Å². The van der Waals surface area contributed by atoms with Crippen LogP contribution >= 0.6 is 0 Å². The number of hydrogen-bond acceptors (Lipinski definition) is 5. The van der Waals surface area contributed by atoms with E-state index in [9.17, 15) is 4.79 Å². The molecule has 0 aromatic carbocycles. The summed E-state index contributed by atoms with van der Waals surface area (Å²) in [6.07, 6.45) is 2.28. The molecule has 1 amide bonds. The molecule has 1 aromatic rings. The number of nitrogens with one attached hydrogen (secondary N) is 1. The number of anilines is 2. The van der Waals surface area contributed by atoms with Gasteiger partial charge in [-0.2, -0.15) is 0 Å². The molecular weight excluding hydrogens is 254 g/mol. The van der Waals surface area contributed by atoms with Crippen molar-refractivity contribution in [3.05, 3.63) is 11.4 Å². The molecule has 0 aliphatic heterocycles. The van der Waals surface area contributed by atoms with Gasteiger partial charge in [0.2, 0.25) is 5.91 Å². The summed E-state index contributed by atoms with van der Waals surface area (Å²) >= 11 is 0. The molecule has 0 saturated heterocycles. The summed E-state index contributed by atoms with van der Waals surface area (Å²) in [5.74, 6) is 2.58. The maximum atomic E-state index is 11.6. The van der Waals surface area contributed by atoms with E-state index < -0.39 is 0 Å². The number of rotatable bonds is 5. The summed E-state index contributed by atoms with van der Waals surface area (Å²) in [5, 5.41) is 2.66. The first-order chi connectivity index (χ1) is 9.43. The van der Waals surface area contributed by atoms with Gasteiger partial charge in [-0.15, -0.1) is 0 Å². The zero-order valence-electron chi connectivity index (χ0n) is 12.6. The van der Waals surface area contributed by atoms with Gasteiger partial charge < -0.3 is 16.0 Å². The van der Waals surface area contributed by atoms with Gasteiger partial charge in [0, 0.05) is 32.1 Å². The van der Waals surface area contributed by atoms with Crippen molar-refractivity contribution in [1.29, 1.82) is 0 Å². The smallest absolute Gasteiger partial charge is 0.224 e. The second-order valence-corrected chi connectivity index (χ2v) is 5.59. The SMILES string of the molecule is CNC(=O)C(C)CN(C)c1nc(C2CC2)nc(N)c1C. The first-order valence-electron chi connectivity index (χ1n) is 7.00. The Morgan fingerprint density at radius 3 is 2.70 bits per heavy atom. The van der Waals surface area contributed by atoms with Gasteiger partial charge in [-0.3, -0.25) is 4.79 Å². The van der Waals surface area contributed by atoms with E-state index in [4.69, 9.17) is 5.73 Å². The first-order valence-corrected chi connectivity index (χ1v) is 7.00.